The Bertz CT molecular complexity index is 873. The largest absolute Gasteiger partial charge is 0.392 e. The number of aryl methyl sites for hydroxylation is 1. The molecule has 0 spiro atoms. The lowest BCUT2D eigenvalue weighted by Crippen LogP contribution is -2.50. The summed E-state index contributed by atoms with van der Waals surface area (Å²) in [6, 6.07) is 13.6. The highest BCUT2D eigenvalue weighted by Crippen LogP contribution is 2.44. The van der Waals surface area contributed by atoms with E-state index in [1.807, 2.05) is 43.3 Å². The van der Waals surface area contributed by atoms with Crippen LogP contribution in [0.2, 0.25) is 0 Å². The molecular formula is C21H21NO3. The van der Waals surface area contributed by atoms with Crippen LogP contribution in [-0.2, 0) is 17.6 Å². The quantitative estimate of drug-likeness (QED) is 0.858. The van der Waals surface area contributed by atoms with Crippen molar-refractivity contribution in [2.75, 3.05) is 7.05 Å². The zero-order valence-electron chi connectivity index (χ0n) is 14.4. The number of amides is 2. The van der Waals surface area contributed by atoms with Crippen molar-refractivity contribution in [3.8, 4) is 0 Å². The van der Waals surface area contributed by atoms with Crippen molar-refractivity contribution < 1.29 is 14.7 Å². The average Bonchev–Trinajstić information content (AvgIpc) is 2.60. The highest BCUT2D eigenvalue weighted by Gasteiger charge is 2.47. The fourth-order valence-electron chi connectivity index (χ4n) is 4.30. The second-order valence-electron chi connectivity index (χ2n) is 7.12. The van der Waals surface area contributed by atoms with E-state index in [1.54, 1.807) is 6.07 Å². The molecule has 4 heteroatoms. The predicted octanol–water partition coefficient (Wildman–Crippen LogP) is 2.47. The lowest BCUT2D eigenvalue weighted by Gasteiger charge is -2.42. The molecule has 4 nitrogen and oxygen atoms in total. The lowest BCUT2D eigenvalue weighted by atomic mass is 9.67. The van der Waals surface area contributed by atoms with Crippen LogP contribution in [0.1, 0.15) is 38.5 Å². The number of imide groups is 1. The number of nitrogens with zero attached hydrogens (tertiary/aromatic N) is 1. The minimum absolute atomic E-state index is 0.206. The van der Waals surface area contributed by atoms with Gasteiger partial charge in [-0.25, -0.2) is 0 Å². The molecule has 0 saturated carbocycles. The van der Waals surface area contributed by atoms with Crippen LogP contribution < -0.4 is 0 Å². The minimum Gasteiger partial charge on any atom is -0.392 e. The Morgan fingerprint density at radius 1 is 1.12 bits per heavy atom. The first kappa shape index (κ1) is 16.0. The van der Waals surface area contributed by atoms with Gasteiger partial charge in [-0.3, -0.25) is 14.5 Å². The molecule has 128 valence electrons. The third-order valence-corrected chi connectivity index (χ3v) is 5.71. The third kappa shape index (κ3) is 2.40. The summed E-state index contributed by atoms with van der Waals surface area (Å²) < 4.78 is 0. The van der Waals surface area contributed by atoms with E-state index in [0.717, 1.165) is 22.3 Å². The molecule has 1 heterocycles. The smallest absolute Gasteiger partial charge is 0.260 e. The molecule has 0 aromatic heterocycles. The predicted molar refractivity (Wildman–Crippen MR) is 94.4 cm³/mol. The van der Waals surface area contributed by atoms with Gasteiger partial charge in [0.15, 0.2) is 0 Å². The molecule has 1 N–H and O–H groups in total. The summed E-state index contributed by atoms with van der Waals surface area (Å²) in [6.45, 7) is 2.04. The number of rotatable bonds is 2. The molecule has 2 aliphatic rings. The summed E-state index contributed by atoms with van der Waals surface area (Å²) in [7, 11) is 1.53. The van der Waals surface area contributed by atoms with Gasteiger partial charge >= 0.3 is 0 Å². The van der Waals surface area contributed by atoms with E-state index in [9.17, 15) is 14.7 Å². The summed E-state index contributed by atoms with van der Waals surface area (Å²) in [5.41, 5.74) is 4.65. The van der Waals surface area contributed by atoms with E-state index in [2.05, 4.69) is 0 Å². The molecule has 0 fully saturated rings. The maximum Gasteiger partial charge on any atom is 0.260 e. The number of hydrogen-bond donors (Lipinski definition) is 1. The van der Waals surface area contributed by atoms with Gasteiger partial charge in [0.05, 0.1) is 12.0 Å². The lowest BCUT2D eigenvalue weighted by molar-refractivity contribution is -0.132. The topological polar surface area (TPSA) is 57.6 Å². The monoisotopic (exact) mass is 335 g/mol. The highest BCUT2D eigenvalue weighted by atomic mass is 16.3. The average molecular weight is 335 g/mol. The van der Waals surface area contributed by atoms with Crippen LogP contribution in [0.15, 0.2) is 42.5 Å². The Hall–Kier alpha value is -2.46. The Labute approximate surface area is 147 Å². The van der Waals surface area contributed by atoms with Crippen LogP contribution in [0.3, 0.4) is 0 Å². The van der Waals surface area contributed by atoms with Gasteiger partial charge in [0.1, 0.15) is 0 Å². The summed E-state index contributed by atoms with van der Waals surface area (Å²) >= 11 is 0. The number of aliphatic hydroxyl groups is 1. The van der Waals surface area contributed by atoms with Gasteiger partial charge in [-0.1, -0.05) is 36.4 Å². The maximum absolute atomic E-state index is 12.9. The van der Waals surface area contributed by atoms with E-state index in [1.165, 1.54) is 11.9 Å². The molecule has 0 unspecified atom stereocenters. The van der Waals surface area contributed by atoms with Crippen molar-refractivity contribution in [2.24, 2.45) is 5.92 Å². The van der Waals surface area contributed by atoms with E-state index in [-0.39, 0.29) is 17.7 Å². The van der Waals surface area contributed by atoms with Crippen molar-refractivity contribution in [1.29, 1.82) is 0 Å². The molecule has 0 bridgehead atoms. The molecule has 1 aliphatic carbocycles. The number of carbonyl (C=O) groups excluding carboxylic acids is 2. The number of aliphatic hydroxyl groups excluding tert-OH is 1. The van der Waals surface area contributed by atoms with Crippen LogP contribution in [0.25, 0.3) is 0 Å². The van der Waals surface area contributed by atoms with Crippen LogP contribution in [0.5, 0.6) is 0 Å². The molecule has 25 heavy (non-hydrogen) atoms. The number of benzene rings is 2. The Balaban J connectivity index is 1.83. The van der Waals surface area contributed by atoms with Crippen LogP contribution in [-0.4, -0.2) is 35.0 Å². The fourth-order valence-corrected chi connectivity index (χ4v) is 4.30. The molecule has 0 saturated heterocycles. The Morgan fingerprint density at radius 2 is 1.88 bits per heavy atom. The maximum atomic E-state index is 12.9. The first-order chi connectivity index (χ1) is 12.0. The Morgan fingerprint density at radius 3 is 2.64 bits per heavy atom. The van der Waals surface area contributed by atoms with Gasteiger partial charge in [0, 0.05) is 18.5 Å². The van der Waals surface area contributed by atoms with Crippen LogP contribution in [0.4, 0.5) is 0 Å². The van der Waals surface area contributed by atoms with E-state index in [0.29, 0.717) is 18.4 Å². The summed E-state index contributed by atoms with van der Waals surface area (Å²) in [6.07, 6.45) is 0.512. The Kier molecular flexibility index (Phi) is 3.73. The number of hydrogen-bond acceptors (Lipinski definition) is 3. The molecule has 2 aromatic rings. The van der Waals surface area contributed by atoms with Gasteiger partial charge in [0.2, 0.25) is 5.91 Å². The van der Waals surface area contributed by atoms with Crippen molar-refractivity contribution in [3.05, 3.63) is 70.3 Å². The molecular weight excluding hydrogens is 314 g/mol. The van der Waals surface area contributed by atoms with Gasteiger partial charge in [-0.15, -0.1) is 0 Å². The van der Waals surface area contributed by atoms with Gasteiger partial charge < -0.3 is 5.11 Å². The molecule has 0 radical (unpaired) electrons. The highest BCUT2D eigenvalue weighted by molar-refractivity contribution is 6.11. The second-order valence-corrected chi connectivity index (χ2v) is 7.12. The summed E-state index contributed by atoms with van der Waals surface area (Å²) in [4.78, 5) is 26.7. The fraction of sp³-hybridized carbons (Fsp3) is 0.333. The van der Waals surface area contributed by atoms with Crippen LogP contribution in [0, 0.1) is 12.8 Å². The first-order valence-electron chi connectivity index (χ1n) is 8.65. The summed E-state index contributed by atoms with van der Waals surface area (Å²) in [5, 5.41) is 10.8. The van der Waals surface area contributed by atoms with E-state index in [4.69, 9.17) is 0 Å². The third-order valence-electron chi connectivity index (χ3n) is 5.71. The van der Waals surface area contributed by atoms with Crippen molar-refractivity contribution >= 4 is 11.8 Å². The first-order valence-corrected chi connectivity index (χ1v) is 8.65. The zero-order chi connectivity index (χ0) is 17.7. The summed E-state index contributed by atoms with van der Waals surface area (Å²) in [5.74, 6) is -1.14. The molecule has 4 rings (SSSR count). The van der Waals surface area contributed by atoms with Gasteiger partial charge in [0.25, 0.3) is 5.91 Å². The minimum atomic E-state index is -0.599. The standard InChI is InChI=1S/C21H21NO3/c1-12-6-3-4-7-13(12)10-16-17(23)11-14-8-5-9-15-18(14)19(16)21(25)22(2)20(15)24/h3-9,16-17,19,23H,10-11H2,1-2H3/t16-,17+,19-/m1/s1. The zero-order valence-corrected chi connectivity index (χ0v) is 14.4. The van der Waals surface area contributed by atoms with Gasteiger partial charge in [-0.2, -0.15) is 0 Å². The van der Waals surface area contributed by atoms with E-state index < -0.39 is 12.0 Å². The van der Waals surface area contributed by atoms with Crippen molar-refractivity contribution in [3.63, 3.8) is 0 Å². The van der Waals surface area contributed by atoms with Crippen molar-refractivity contribution in [2.45, 2.75) is 31.8 Å². The molecule has 1 aliphatic heterocycles. The normalized spacial score (nSPS) is 25.1. The number of carbonyl (C=O) groups is 2. The van der Waals surface area contributed by atoms with Gasteiger partial charge in [-0.05, 0) is 48.1 Å². The second kappa shape index (κ2) is 5.81. The van der Waals surface area contributed by atoms with E-state index >= 15 is 0 Å². The molecule has 3 atom stereocenters. The number of likely N-dealkylation sites (N-methyl/N-ethyl adjacent to an activating group) is 1. The van der Waals surface area contributed by atoms with Crippen molar-refractivity contribution in [1.82, 2.24) is 4.90 Å². The molecule has 2 amide bonds. The molecule has 2 aromatic carbocycles. The van der Waals surface area contributed by atoms with Crippen LogP contribution >= 0.6 is 0 Å². The SMILES string of the molecule is Cc1ccccc1C[C@@H]1[C@@H](O)Cc2cccc3c2[C@@H]1C(=O)N(C)C3=O.